The van der Waals surface area contributed by atoms with E-state index >= 15 is 0 Å². The lowest BCUT2D eigenvalue weighted by molar-refractivity contribution is 0.102. The van der Waals surface area contributed by atoms with Gasteiger partial charge in [0, 0.05) is 11.6 Å². The number of carbonyl (C=O) groups excluding carboxylic acids is 1. The largest absolute Gasteiger partial charge is 0.494 e. The van der Waals surface area contributed by atoms with Crippen LogP contribution in [0.25, 0.3) is 11.0 Å². The molecule has 0 fully saturated rings. The lowest BCUT2D eigenvalue weighted by Crippen LogP contribution is -2.12. The number of nitrogens with one attached hydrogen (secondary N) is 1. The number of fused-ring (bicyclic) bond motifs is 1. The van der Waals surface area contributed by atoms with Gasteiger partial charge in [-0.1, -0.05) is 6.07 Å². The fraction of sp³-hybridized carbons (Fsp3) is 0.111. The van der Waals surface area contributed by atoms with Crippen LogP contribution >= 0.6 is 0 Å². The predicted molar refractivity (Wildman–Crippen MR) is 88.0 cm³/mol. The van der Waals surface area contributed by atoms with Gasteiger partial charge in [-0.05, 0) is 43.3 Å². The van der Waals surface area contributed by atoms with Crippen LogP contribution < -0.4 is 15.5 Å². The molecule has 0 aliphatic rings. The maximum absolute atomic E-state index is 12.3. The highest BCUT2D eigenvalue weighted by Gasteiger charge is 2.11. The summed E-state index contributed by atoms with van der Waals surface area (Å²) in [5.41, 5.74) is 1.16. The molecule has 0 saturated carbocycles. The molecule has 2 aromatic carbocycles. The van der Waals surface area contributed by atoms with E-state index in [1.807, 2.05) is 6.92 Å². The smallest absolute Gasteiger partial charge is 0.255 e. The normalized spacial score (nSPS) is 10.5. The lowest BCUT2D eigenvalue weighted by atomic mass is 10.1. The zero-order valence-electron chi connectivity index (χ0n) is 12.5. The Balaban J connectivity index is 1.88. The number of ether oxygens (including phenoxy) is 1. The monoisotopic (exact) mass is 309 g/mol. The van der Waals surface area contributed by atoms with Gasteiger partial charge < -0.3 is 14.5 Å². The molecule has 0 bridgehead atoms. The van der Waals surface area contributed by atoms with E-state index in [0.29, 0.717) is 34.6 Å². The molecule has 5 nitrogen and oxygen atoms in total. The Kier molecular flexibility index (Phi) is 4.10. The Labute approximate surface area is 132 Å². The van der Waals surface area contributed by atoms with Crippen LogP contribution in [0.5, 0.6) is 5.75 Å². The second-order valence-corrected chi connectivity index (χ2v) is 4.88. The van der Waals surface area contributed by atoms with Crippen molar-refractivity contribution < 1.29 is 13.9 Å². The Morgan fingerprint density at radius 1 is 1.13 bits per heavy atom. The molecule has 1 heterocycles. The van der Waals surface area contributed by atoms with Gasteiger partial charge in [0.15, 0.2) is 11.0 Å². The number of amides is 1. The van der Waals surface area contributed by atoms with Crippen LogP contribution in [0.1, 0.15) is 17.3 Å². The van der Waals surface area contributed by atoms with Crippen LogP contribution in [0.2, 0.25) is 0 Å². The van der Waals surface area contributed by atoms with Gasteiger partial charge in [0.05, 0.1) is 23.9 Å². The second kappa shape index (κ2) is 6.36. The first kappa shape index (κ1) is 14.8. The summed E-state index contributed by atoms with van der Waals surface area (Å²) in [6.07, 6.45) is 1.32. The maximum atomic E-state index is 12.3. The third kappa shape index (κ3) is 3.08. The Hall–Kier alpha value is -3.08. The van der Waals surface area contributed by atoms with Crippen LogP contribution in [-0.2, 0) is 0 Å². The quantitative estimate of drug-likeness (QED) is 0.801. The third-order valence-electron chi connectivity index (χ3n) is 3.36. The zero-order chi connectivity index (χ0) is 16.2. The predicted octanol–water partition coefficient (Wildman–Crippen LogP) is 3.44. The summed E-state index contributed by atoms with van der Waals surface area (Å²) < 4.78 is 10.7. The molecule has 0 atom stereocenters. The molecule has 1 N–H and O–H groups in total. The summed E-state index contributed by atoms with van der Waals surface area (Å²) in [4.78, 5) is 24.1. The first-order valence-electron chi connectivity index (χ1n) is 7.24. The van der Waals surface area contributed by atoms with Gasteiger partial charge in [-0.25, -0.2) is 0 Å². The fourth-order valence-electron chi connectivity index (χ4n) is 2.27. The minimum atomic E-state index is -0.285. The van der Waals surface area contributed by atoms with E-state index in [2.05, 4.69) is 5.32 Å². The average Bonchev–Trinajstić information content (AvgIpc) is 2.57. The average molecular weight is 309 g/mol. The second-order valence-electron chi connectivity index (χ2n) is 4.88. The molecule has 0 aliphatic carbocycles. The molecular weight excluding hydrogens is 294 g/mol. The van der Waals surface area contributed by atoms with Crippen LogP contribution in [0.3, 0.4) is 0 Å². The molecule has 5 heteroatoms. The van der Waals surface area contributed by atoms with Crippen LogP contribution in [-0.4, -0.2) is 12.5 Å². The highest BCUT2D eigenvalue weighted by Crippen LogP contribution is 2.21. The van der Waals surface area contributed by atoms with Gasteiger partial charge >= 0.3 is 0 Å². The number of hydrogen-bond donors (Lipinski definition) is 1. The molecule has 0 aliphatic heterocycles. The number of hydrogen-bond acceptors (Lipinski definition) is 4. The summed E-state index contributed by atoms with van der Waals surface area (Å²) in [6.45, 7) is 2.47. The Morgan fingerprint density at radius 2 is 1.91 bits per heavy atom. The summed E-state index contributed by atoms with van der Waals surface area (Å²) in [7, 11) is 0. The number of benzene rings is 2. The van der Waals surface area contributed by atoms with Crippen molar-refractivity contribution >= 4 is 22.6 Å². The van der Waals surface area contributed by atoms with Gasteiger partial charge in [-0.15, -0.1) is 0 Å². The van der Waals surface area contributed by atoms with Gasteiger partial charge in [-0.2, -0.15) is 0 Å². The van der Waals surface area contributed by atoms with Crippen molar-refractivity contribution in [3.05, 3.63) is 70.6 Å². The maximum Gasteiger partial charge on any atom is 0.255 e. The summed E-state index contributed by atoms with van der Waals surface area (Å²) >= 11 is 0. The van der Waals surface area contributed by atoms with Crippen molar-refractivity contribution in [2.45, 2.75) is 6.92 Å². The number of rotatable bonds is 4. The molecular formula is C18H15NO4. The Morgan fingerprint density at radius 3 is 2.65 bits per heavy atom. The molecule has 0 spiro atoms. The highest BCUT2D eigenvalue weighted by molar-refractivity contribution is 6.07. The third-order valence-corrected chi connectivity index (χ3v) is 3.36. The van der Waals surface area contributed by atoms with Gasteiger partial charge in [0.25, 0.3) is 5.91 Å². The van der Waals surface area contributed by atoms with E-state index in [9.17, 15) is 9.59 Å². The molecule has 0 unspecified atom stereocenters. The van der Waals surface area contributed by atoms with Crippen LogP contribution in [0.15, 0.2) is 64.0 Å². The van der Waals surface area contributed by atoms with Crippen molar-refractivity contribution in [3.63, 3.8) is 0 Å². The van der Waals surface area contributed by atoms with E-state index < -0.39 is 0 Å². The first-order valence-corrected chi connectivity index (χ1v) is 7.24. The van der Waals surface area contributed by atoms with Gasteiger partial charge in [0.2, 0.25) is 0 Å². The van der Waals surface area contributed by atoms with Crippen molar-refractivity contribution in [2.24, 2.45) is 0 Å². The molecule has 23 heavy (non-hydrogen) atoms. The fourth-order valence-corrected chi connectivity index (χ4v) is 2.27. The standard InChI is InChI=1S/C18H15NO4/c1-2-22-13-8-6-12(7-9-13)18(21)19-15-5-3-4-14-16(20)10-11-23-17(14)15/h3-11H,2H2,1H3,(H,19,21). The van der Waals surface area contributed by atoms with E-state index in [1.165, 1.54) is 12.3 Å². The van der Waals surface area contributed by atoms with Crippen molar-refractivity contribution in [1.82, 2.24) is 0 Å². The summed E-state index contributed by atoms with van der Waals surface area (Å²) in [5.74, 6) is 0.423. The number of anilines is 1. The van der Waals surface area contributed by atoms with Gasteiger partial charge in [-0.3, -0.25) is 9.59 Å². The molecule has 1 aromatic heterocycles. The first-order chi connectivity index (χ1) is 11.2. The van der Waals surface area contributed by atoms with Gasteiger partial charge in [0.1, 0.15) is 5.75 Å². The van der Waals surface area contributed by atoms with Crippen molar-refractivity contribution in [2.75, 3.05) is 11.9 Å². The van der Waals surface area contributed by atoms with Crippen LogP contribution in [0.4, 0.5) is 5.69 Å². The molecule has 0 saturated heterocycles. The van der Waals surface area contributed by atoms with E-state index in [0.717, 1.165) is 0 Å². The molecule has 116 valence electrons. The number of para-hydroxylation sites is 1. The van der Waals surface area contributed by atoms with Crippen molar-refractivity contribution in [1.29, 1.82) is 0 Å². The molecule has 0 radical (unpaired) electrons. The number of carbonyl (C=O) groups is 1. The van der Waals surface area contributed by atoms with Crippen molar-refractivity contribution in [3.8, 4) is 5.75 Å². The molecule has 1 amide bonds. The van der Waals surface area contributed by atoms with E-state index in [-0.39, 0.29) is 11.3 Å². The minimum Gasteiger partial charge on any atom is -0.494 e. The zero-order valence-corrected chi connectivity index (χ0v) is 12.5. The topological polar surface area (TPSA) is 68.5 Å². The molecule has 3 rings (SSSR count). The minimum absolute atomic E-state index is 0.150. The van der Waals surface area contributed by atoms with E-state index in [1.54, 1.807) is 42.5 Å². The molecule has 3 aromatic rings. The van der Waals surface area contributed by atoms with Crippen LogP contribution in [0, 0.1) is 0 Å². The SMILES string of the molecule is CCOc1ccc(C(=O)Nc2cccc3c(=O)ccoc23)cc1. The summed E-state index contributed by atoms with van der Waals surface area (Å²) in [5, 5.41) is 3.20. The Bertz CT molecular complexity index is 897. The summed E-state index contributed by atoms with van der Waals surface area (Å²) in [6, 6.07) is 13.2. The highest BCUT2D eigenvalue weighted by atomic mass is 16.5. The lowest BCUT2D eigenvalue weighted by Gasteiger charge is -2.08. The van der Waals surface area contributed by atoms with E-state index in [4.69, 9.17) is 9.15 Å².